The smallest absolute Gasteiger partial charge is 0.410 e. The fraction of sp³-hybridized carbons (Fsp3) is 0.654. The van der Waals surface area contributed by atoms with Crippen LogP contribution < -0.4 is 0 Å². The predicted octanol–water partition coefficient (Wildman–Crippen LogP) is 5.22. The molecule has 1 aliphatic carbocycles. The summed E-state index contributed by atoms with van der Waals surface area (Å²) in [7, 11) is 0. The fourth-order valence-corrected chi connectivity index (χ4v) is 5.31. The van der Waals surface area contributed by atoms with E-state index >= 15 is 0 Å². The summed E-state index contributed by atoms with van der Waals surface area (Å²) in [5.74, 6) is 1.68. The summed E-state index contributed by atoms with van der Waals surface area (Å²) in [4.78, 5) is 16.6. The van der Waals surface area contributed by atoms with E-state index in [9.17, 15) is 4.79 Å². The SMILES string of the molecule is C[C@H]1CC2(CC[C@@H]1OC1=CCN(Cc3ccccc3)CC1)CN(C(=O)OC(C)(C)C)C2. The van der Waals surface area contributed by atoms with Crippen molar-refractivity contribution in [3.8, 4) is 0 Å². The van der Waals surface area contributed by atoms with Gasteiger partial charge in [-0.25, -0.2) is 4.79 Å². The molecule has 0 radical (unpaired) electrons. The van der Waals surface area contributed by atoms with Crippen molar-refractivity contribution in [1.29, 1.82) is 0 Å². The molecule has 0 unspecified atom stereocenters. The van der Waals surface area contributed by atoms with Gasteiger partial charge in [-0.2, -0.15) is 0 Å². The third-order valence-electron chi connectivity index (χ3n) is 6.86. The normalized spacial score (nSPS) is 26.2. The van der Waals surface area contributed by atoms with E-state index in [0.29, 0.717) is 12.0 Å². The number of likely N-dealkylation sites (tertiary alicyclic amines) is 1. The van der Waals surface area contributed by atoms with E-state index in [-0.39, 0.29) is 11.5 Å². The first-order valence-electron chi connectivity index (χ1n) is 11.8. The molecule has 0 aromatic heterocycles. The summed E-state index contributed by atoms with van der Waals surface area (Å²) >= 11 is 0. The van der Waals surface area contributed by atoms with Crippen molar-refractivity contribution < 1.29 is 14.3 Å². The van der Waals surface area contributed by atoms with Crippen molar-refractivity contribution in [2.75, 3.05) is 26.2 Å². The van der Waals surface area contributed by atoms with Crippen molar-refractivity contribution in [3.05, 3.63) is 47.7 Å². The van der Waals surface area contributed by atoms with E-state index in [1.54, 1.807) is 0 Å². The van der Waals surface area contributed by atoms with E-state index in [1.807, 2.05) is 25.7 Å². The lowest BCUT2D eigenvalue weighted by molar-refractivity contribution is -0.0869. The average Bonchev–Trinajstić information content (AvgIpc) is 2.68. The second kappa shape index (κ2) is 8.85. The second-order valence-electron chi connectivity index (χ2n) is 10.9. The average molecular weight is 427 g/mol. The van der Waals surface area contributed by atoms with E-state index in [1.165, 1.54) is 11.3 Å². The number of ether oxygens (including phenoxy) is 2. The van der Waals surface area contributed by atoms with Crippen LogP contribution in [0.1, 0.15) is 58.9 Å². The van der Waals surface area contributed by atoms with Crippen LogP contribution in [0.5, 0.6) is 0 Å². The van der Waals surface area contributed by atoms with Crippen LogP contribution in [0.4, 0.5) is 4.79 Å². The van der Waals surface area contributed by atoms with Crippen LogP contribution in [0.3, 0.4) is 0 Å². The Morgan fingerprint density at radius 1 is 1.19 bits per heavy atom. The van der Waals surface area contributed by atoms with Gasteiger partial charge in [0.15, 0.2) is 0 Å². The van der Waals surface area contributed by atoms with Crippen LogP contribution in [0.2, 0.25) is 0 Å². The van der Waals surface area contributed by atoms with E-state index < -0.39 is 5.60 Å². The first-order chi connectivity index (χ1) is 14.7. The van der Waals surface area contributed by atoms with E-state index in [2.05, 4.69) is 48.2 Å². The molecule has 1 aromatic carbocycles. The largest absolute Gasteiger partial charge is 0.495 e. The predicted molar refractivity (Wildman–Crippen MR) is 123 cm³/mol. The summed E-state index contributed by atoms with van der Waals surface area (Å²) < 4.78 is 12.0. The van der Waals surface area contributed by atoms with Gasteiger partial charge in [-0.3, -0.25) is 4.90 Å². The number of carbonyl (C=O) groups excluding carboxylic acids is 1. The Morgan fingerprint density at radius 3 is 2.55 bits per heavy atom. The first kappa shape index (κ1) is 22.2. The Morgan fingerprint density at radius 2 is 1.94 bits per heavy atom. The van der Waals surface area contributed by atoms with E-state index in [4.69, 9.17) is 9.47 Å². The summed E-state index contributed by atoms with van der Waals surface area (Å²) in [6.07, 6.45) is 6.74. The maximum absolute atomic E-state index is 12.3. The lowest BCUT2D eigenvalue weighted by Gasteiger charge is -2.54. The van der Waals surface area contributed by atoms with Crippen molar-refractivity contribution in [3.63, 3.8) is 0 Å². The fourth-order valence-electron chi connectivity index (χ4n) is 5.31. The van der Waals surface area contributed by atoms with Crippen LogP contribution in [0.25, 0.3) is 0 Å². The van der Waals surface area contributed by atoms with Crippen LogP contribution in [-0.4, -0.2) is 53.8 Å². The molecule has 0 bridgehead atoms. The van der Waals surface area contributed by atoms with Crippen LogP contribution in [0.15, 0.2) is 42.2 Å². The zero-order valence-corrected chi connectivity index (χ0v) is 19.6. The Bertz CT molecular complexity index is 793. The topological polar surface area (TPSA) is 42.0 Å². The summed E-state index contributed by atoms with van der Waals surface area (Å²) in [6.45, 7) is 12.8. The van der Waals surface area contributed by atoms with Crippen molar-refractivity contribution in [2.24, 2.45) is 11.3 Å². The maximum atomic E-state index is 12.3. The second-order valence-corrected chi connectivity index (χ2v) is 10.9. The Labute approximate surface area is 187 Å². The minimum Gasteiger partial charge on any atom is -0.495 e. The molecule has 31 heavy (non-hydrogen) atoms. The molecule has 2 atom stereocenters. The van der Waals surface area contributed by atoms with Gasteiger partial charge in [-0.15, -0.1) is 0 Å². The van der Waals surface area contributed by atoms with Crippen molar-refractivity contribution in [2.45, 2.75) is 71.6 Å². The molecule has 2 fully saturated rings. The molecule has 1 saturated heterocycles. The number of rotatable bonds is 4. The molecule has 4 rings (SSSR count). The van der Waals surface area contributed by atoms with Gasteiger partial charge >= 0.3 is 6.09 Å². The monoisotopic (exact) mass is 426 g/mol. The summed E-state index contributed by atoms with van der Waals surface area (Å²) in [5.41, 5.74) is 1.21. The maximum Gasteiger partial charge on any atom is 0.410 e. The van der Waals surface area contributed by atoms with Gasteiger partial charge in [0.25, 0.3) is 0 Å². The number of carbonyl (C=O) groups is 1. The molecule has 3 aliphatic rings. The highest BCUT2D eigenvalue weighted by molar-refractivity contribution is 5.69. The van der Waals surface area contributed by atoms with Gasteiger partial charge in [-0.05, 0) is 57.6 Å². The zero-order valence-electron chi connectivity index (χ0n) is 19.6. The highest BCUT2D eigenvalue weighted by Crippen LogP contribution is 2.47. The Hall–Kier alpha value is -2.01. The lowest BCUT2D eigenvalue weighted by Crippen LogP contribution is -2.61. The minimum absolute atomic E-state index is 0.170. The van der Waals surface area contributed by atoms with Crippen molar-refractivity contribution >= 4 is 6.09 Å². The van der Waals surface area contributed by atoms with Crippen LogP contribution >= 0.6 is 0 Å². The molecule has 1 spiro atoms. The highest BCUT2D eigenvalue weighted by atomic mass is 16.6. The molecular weight excluding hydrogens is 388 g/mol. The number of hydrogen-bond donors (Lipinski definition) is 0. The Kier molecular flexibility index (Phi) is 6.34. The van der Waals surface area contributed by atoms with Gasteiger partial charge in [0.1, 0.15) is 11.7 Å². The van der Waals surface area contributed by atoms with Gasteiger partial charge in [-0.1, -0.05) is 37.3 Å². The third-order valence-corrected chi connectivity index (χ3v) is 6.86. The van der Waals surface area contributed by atoms with Gasteiger partial charge in [0, 0.05) is 44.6 Å². The standard InChI is InChI=1S/C26H38N2O3/c1-20-16-26(18-28(19-26)24(29)31-25(2,3)4)13-10-23(20)30-22-11-14-27(15-12-22)17-21-8-6-5-7-9-21/h5-9,11,20,23H,10,12-19H2,1-4H3/t20-,23-/m0/s1. The molecule has 5 heteroatoms. The lowest BCUT2D eigenvalue weighted by atomic mass is 9.64. The summed E-state index contributed by atoms with van der Waals surface area (Å²) in [6, 6.07) is 10.7. The zero-order chi connectivity index (χ0) is 22.1. The molecule has 170 valence electrons. The Balaban J connectivity index is 1.22. The molecule has 0 N–H and O–H groups in total. The third kappa shape index (κ3) is 5.62. The molecule has 1 amide bonds. The minimum atomic E-state index is -0.428. The number of hydrogen-bond acceptors (Lipinski definition) is 4. The van der Waals surface area contributed by atoms with E-state index in [0.717, 1.165) is 58.4 Å². The molecule has 2 heterocycles. The van der Waals surface area contributed by atoms with Gasteiger partial charge in [0.2, 0.25) is 0 Å². The van der Waals surface area contributed by atoms with Gasteiger partial charge in [0.05, 0.1) is 5.76 Å². The highest BCUT2D eigenvalue weighted by Gasteiger charge is 2.50. The molecule has 2 aliphatic heterocycles. The number of amides is 1. The number of benzene rings is 1. The quantitative estimate of drug-likeness (QED) is 0.662. The molecule has 5 nitrogen and oxygen atoms in total. The summed E-state index contributed by atoms with van der Waals surface area (Å²) in [5, 5.41) is 0. The molecular formula is C26H38N2O3. The first-order valence-corrected chi connectivity index (χ1v) is 11.8. The number of nitrogens with zero attached hydrogens (tertiary/aromatic N) is 2. The van der Waals surface area contributed by atoms with Crippen LogP contribution in [0, 0.1) is 11.3 Å². The van der Waals surface area contributed by atoms with Crippen LogP contribution in [-0.2, 0) is 16.0 Å². The van der Waals surface area contributed by atoms with Gasteiger partial charge < -0.3 is 14.4 Å². The molecule has 1 saturated carbocycles. The van der Waals surface area contributed by atoms with Crippen molar-refractivity contribution in [1.82, 2.24) is 9.80 Å². The molecule has 1 aromatic rings.